The molecular weight excluding hydrogens is 470 g/mol. The van der Waals surface area contributed by atoms with Crippen molar-refractivity contribution in [2.45, 2.75) is 25.7 Å². The zero-order chi connectivity index (χ0) is 26.1. The minimum absolute atomic E-state index is 0.0695. The number of nitrogens with zero attached hydrogens (tertiary/aromatic N) is 1. The second kappa shape index (κ2) is 9.85. The number of carbonyl (C=O) groups is 4. The van der Waals surface area contributed by atoms with Crippen LogP contribution < -0.4 is 4.90 Å². The molecule has 1 aliphatic heterocycles. The van der Waals surface area contributed by atoms with Crippen molar-refractivity contribution >= 4 is 29.4 Å². The number of rotatable bonds is 5. The topological polar surface area (TPSA) is 90.0 Å². The van der Waals surface area contributed by atoms with Crippen LogP contribution in [0.5, 0.6) is 0 Å². The summed E-state index contributed by atoms with van der Waals surface area (Å²) in [5.41, 5.74) is 1.79. The maximum Gasteiger partial charge on any atom is 0.307 e. The number of fused-ring (bicyclic) bond motifs is 1. The molecule has 3 aromatic rings. The first kappa shape index (κ1) is 24.2. The van der Waals surface area contributed by atoms with Gasteiger partial charge in [-0.05, 0) is 23.3 Å². The van der Waals surface area contributed by atoms with E-state index in [2.05, 4.69) is 0 Å². The van der Waals surface area contributed by atoms with Crippen molar-refractivity contribution in [3.8, 4) is 0 Å². The van der Waals surface area contributed by atoms with Crippen molar-refractivity contribution in [2.24, 2.45) is 11.8 Å². The lowest BCUT2D eigenvalue weighted by Gasteiger charge is -2.38. The highest BCUT2D eigenvalue weighted by molar-refractivity contribution is 6.23. The van der Waals surface area contributed by atoms with E-state index in [1.807, 2.05) is 36.4 Å². The van der Waals surface area contributed by atoms with Crippen molar-refractivity contribution in [2.75, 3.05) is 4.90 Å². The summed E-state index contributed by atoms with van der Waals surface area (Å²) in [4.78, 5) is 54.1. The molecular formula is C30H25NO6. The maximum absolute atomic E-state index is 14.1. The number of amides is 2. The van der Waals surface area contributed by atoms with Crippen LogP contribution in [0.15, 0.2) is 103 Å². The van der Waals surface area contributed by atoms with Crippen molar-refractivity contribution in [3.63, 3.8) is 0 Å². The van der Waals surface area contributed by atoms with E-state index in [-0.39, 0.29) is 11.5 Å². The van der Waals surface area contributed by atoms with Crippen LogP contribution in [0.4, 0.5) is 5.69 Å². The zero-order valence-corrected chi connectivity index (χ0v) is 20.4. The highest BCUT2D eigenvalue weighted by Crippen LogP contribution is 2.56. The Morgan fingerprint density at radius 2 is 0.946 bits per heavy atom. The van der Waals surface area contributed by atoms with Crippen molar-refractivity contribution in [1.82, 2.24) is 0 Å². The fourth-order valence-corrected chi connectivity index (χ4v) is 5.45. The molecule has 37 heavy (non-hydrogen) atoms. The lowest BCUT2D eigenvalue weighted by Crippen LogP contribution is -2.38. The van der Waals surface area contributed by atoms with E-state index in [1.165, 1.54) is 18.7 Å². The maximum atomic E-state index is 14.1. The van der Waals surface area contributed by atoms with Crippen LogP contribution in [0.1, 0.15) is 36.8 Å². The van der Waals surface area contributed by atoms with Gasteiger partial charge in [-0.15, -0.1) is 0 Å². The third-order valence-corrected chi connectivity index (χ3v) is 6.76. The van der Waals surface area contributed by atoms with Crippen LogP contribution in [-0.4, -0.2) is 23.8 Å². The highest BCUT2D eigenvalue weighted by atomic mass is 16.6. The molecule has 0 N–H and O–H groups in total. The number of ether oxygens (including phenoxy) is 2. The van der Waals surface area contributed by atoms with Gasteiger partial charge < -0.3 is 9.47 Å². The third-order valence-electron chi connectivity index (χ3n) is 6.76. The summed E-state index contributed by atoms with van der Waals surface area (Å²) < 4.78 is 11.5. The Morgan fingerprint density at radius 1 is 0.595 bits per heavy atom. The normalized spacial score (nSPS) is 23.0. The number of para-hydroxylation sites is 1. The SMILES string of the molecule is CC(=O)OC1=C(OC(C)=O)[C@@H](c2ccccc2)[C@H]2C(=O)N(c3ccccc3)C(=O)[C@H]2[C@H]1c1ccccc1. The average molecular weight is 496 g/mol. The van der Waals surface area contributed by atoms with E-state index in [4.69, 9.17) is 9.47 Å². The molecule has 0 spiro atoms. The molecule has 1 aliphatic carbocycles. The molecule has 3 aromatic carbocycles. The van der Waals surface area contributed by atoms with Crippen LogP contribution in [-0.2, 0) is 28.7 Å². The molecule has 0 aromatic heterocycles. The predicted molar refractivity (Wildman–Crippen MR) is 135 cm³/mol. The quantitative estimate of drug-likeness (QED) is 0.376. The summed E-state index contributed by atoms with van der Waals surface area (Å²) >= 11 is 0. The highest BCUT2D eigenvalue weighted by Gasteiger charge is 2.61. The smallest absolute Gasteiger partial charge is 0.307 e. The fourth-order valence-electron chi connectivity index (χ4n) is 5.45. The van der Waals surface area contributed by atoms with Crippen molar-refractivity contribution < 1.29 is 28.7 Å². The molecule has 4 atom stereocenters. The van der Waals surface area contributed by atoms with Crippen LogP contribution in [0.2, 0.25) is 0 Å². The summed E-state index contributed by atoms with van der Waals surface area (Å²) in [6.07, 6.45) is 0. The van der Waals surface area contributed by atoms with Gasteiger partial charge in [0.15, 0.2) is 11.5 Å². The number of anilines is 1. The predicted octanol–water partition coefficient (Wildman–Crippen LogP) is 4.71. The van der Waals surface area contributed by atoms with Gasteiger partial charge in [0.2, 0.25) is 11.8 Å². The molecule has 2 aliphatic rings. The van der Waals surface area contributed by atoms with E-state index in [1.54, 1.807) is 54.6 Å². The molecule has 7 heteroatoms. The third kappa shape index (κ3) is 4.33. The second-order valence-electron chi connectivity index (χ2n) is 9.09. The van der Waals surface area contributed by atoms with Crippen molar-refractivity contribution in [1.29, 1.82) is 0 Å². The molecule has 0 unspecified atom stereocenters. The average Bonchev–Trinajstić information content (AvgIpc) is 3.15. The first-order chi connectivity index (χ1) is 17.9. The lowest BCUT2D eigenvalue weighted by molar-refractivity contribution is -0.144. The zero-order valence-electron chi connectivity index (χ0n) is 20.4. The molecule has 0 bridgehead atoms. The van der Waals surface area contributed by atoms with E-state index in [0.29, 0.717) is 16.8 Å². The standard InChI is InChI=1S/C30H25NO6/c1-18(32)36-27-23(20-12-6-3-7-13-20)25-26(30(35)31(29(25)34)22-16-10-5-11-17-22)24(28(27)37-19(2)33)21-14-8-4-9-15-21/h3-17,23-26H,1-2H3/t23-,24+,25+,26-. The Morgan fingerprint density at radius 3 is 1.30 bits per heavy atom. The molecule has 1 fully saturated rings. The molecule has 2 amide bonds. The molecule has 5 rings (SSSR count). The minimum Gasteiger partial charge on any atom is -0.427 e. The van der Waals surface area contributed by atoms with Crippen LogP contribution >= 0.6 is 0 Å². The lowest BCUT2D eigenvalue weighted by atomic mass is 9.65. The Hall–Kier alpha value is -4.52. The van der Waals surface area contributed by atoms with E-state index >= 15 is 0 Å². The van der Waals surface area contributed by atoms with Gasteiger partial charge in [0.1, 0.15) is 0 Å². The van der Waals surface area contributed by atoms with E-state index in [9.17, 15) is 19.2 Å². The Kier molecular flexibility index (Phi) is 6.44. The van der Waals surface area contributed by atoms with Crippen molar-refractivity contribution in [3.05, 3.63) is 114 Å². The summed E-state index contributed by atoms with van der Waals surface area (Å²) in [5, 5.41) is 0. The van der Waals surface area contributed by atoms with Gasteiger partial charge in [0.25, 0.3) is 0 Å². The largest absolute Gasteiger partial charge is 0.427 e. The molecule has 0 radical (unpaired) electrons. The molecule has 7 nitrogen and oxygen atoms in total. The molecule has 0 saturated carbocycles. The van der Waals surface area contributed by atoms with Gasteiger partial charge in [-0.3, -0.25) is 19.2 Å². The number of hydrogen-bond donors (Lipinski definition) is 0. The van der Waals surface area contributed by atoms with Gasteiger partial charge in [-0.25, -0.2) is 4.90 Å². The summed E-state index contributed by atoms with van der Waals surface area (Å²) in [7, 11) is 0. The Balaban J connectivity index is 1.81. The minimum atomic E-state index is -0.894. The summed E-state index contributed by atoms with van der Waals surface area (Å²) in [5.74, 6) is -5.35. The van der Waals surface area contributed by atoms with E-state index in [0.717, 1.165) is 0 Å². The number of benzene rings is 3. The Labute approximate surface area is 214 Å². The van der Waals surface area contributed by atoms with Gasteiger partial charge in [-0.2, -0.15) is 0 Å². The van der Waals surface area contributed by atoms with Gasteiger partial charge in [0.05, 0.1) is 29.4 Å². The summed E-state index contributed by atoms with van der Waals surface area (Å²) in [6, 6.07) is 26.8. The monoisotopic (exact) mass is 495 g/mol. The van der Waals surface area contributed by atoms with Crippen LogP contribution in [0.25, 0.3) is 0 Å². The van der Waals surface area contributed by atoms with Crippen LogP contribution in [0, 0.1) is 11.8 Å². The number of hydrogen-bond acceptors (Lipinski definition) is 6. The van der Waals surface area contributed by atoms with Crippen LogP contribution in [0.3, 0.4) is 0 Å². The van der Waals surface area contributed by atoms with E-state index < -0.39 is 47.4 Å². The summed E-state index contributed by atoms with van der Waals surface area (Å²) in [6.45, 7) is 2.50. The number of imide groups is 1. The molecule has 186 valence electrons. The molecule has 1 heterocycles. The number of esters is 2. The number of allylic oxidation sites excluding steroid dienone is 2. The Bertz CT molecular complexity index is 1300. The van der Waals surface area contributed by atoms with Gasteiger partial charge in [0, 0.05) is 13.8 Å². The molecule has 1 saturated heterocycles. The number of carbonyl (C=O) groups excluding carboxylic acids is 4. The first-order valence-electron chi connectivity index (χ1n) is 12.0. The van der Waals surface area contributed by atoms with Gasteiger partial charge >= 0.3 is 11.9 Å². The van der Waals surface area contributed by atoms with Gasteiger partial charge in [-0.1, -0.05) is 78.9 Å². The fraction of sp³-hybridized carbons (Fsp3) is 0.200. The second-order valence-corrected chi connectivity index (χ2v) is 9.09. The first-order valence-corrected chi connectivity index (χ1v) is 12.0.